The van der Waals surface area contributed by atoms with Crippen LogP contribution in [0.25, 0.3) is 10.1 Å². The fourth-order valence-corrected chi connectivity index (χ4v) is 4.08. The largest absolute Gasteiger partial charge is 0.454 e. The molecule has 0 saturated heterocycles. The second-order valence-corrected chi connectivity index (χ2v) is 6.88. The van der Waals surface area contributed by atoms with Crippen molar-refractivity contribution in [2.75, 3.05) is 13.9 Å². The normalized spacial score (nSPS) is 12.5. The lowest BCUT2D eigenvalue weighted by Gasteiger charge is -2.07. The van der Waals surface area contributed by atoms with Crippen LogP contribution in [0.2, 0.25) is 0 Å². The van der Waals surface area contributed by atoms with Crippen LogP contribution in [0.5, 0.6) is 11.5 Å². The van der Waals surface area contributed by atoms with Gasteiger partial charge in [0.1, 0.15) is 5.82 Å². The summed E-state index contributed by atoms with van der Waals surface area (Å²) in [6, 6.07) is 10.4. The third-order valence-electron chi connectivity index (χ3n) is 4.15. The van der Waals surface area contributed by atoms with E-state index in [-0.39, 0.29) is 25.1 Å². The van der Waals surface area contributed by atoms with Gasteiger partial charge in [-0.1, -0.05) is 12.1 Å². The molecule has 0 fully saturated rings. The van der Waals surface area contributed by atoms with E-state index in [0.29, 0.717) is 33.9 Å². The molecule has 26 heavy (non-hydrogen) atoms. The van der Waals surface area contributed by atoms with Crippen molar-refractivity contribution in [2.45, 2.75) is 13.2 Å². The standard InChI is InChI=1S/C19H16FNO4S/c1-23-9-12-17-13(20)3-2-4-16(17)26-18(12)19(22)21-8-11-5-6-14-15(7-11)25-10-24-14/h2-7H,8-10H2,1H3,(H,21,22). The number of rotatable bonds is 5. The summed E-state index contributed by atoms with van der Waals surface area (Å²) >= 11 is 1.26. The van der Waals surface area contributed by atoms with E-state index >= 15 is 0 Å². The summed E-state index contributed by atoms with van der Waals surface area (Å²) in [5.41, 5.74) is 1.47. The van der Waals surface area contributed by atoms with E-state index in [0.717, 1.165) is 10.3 Å². The van der Waals surface area contributed by atoms with Crippen molar-refractivity contribution in [3.05, 3.63) is 58.2 Å². The fraction of sp³-hybridized carbons (Fsp3) is 0.211. The Hall–Kier alpha value is -2.64. The van der Waals surface area contributed by atoms with Gasteiger partial charge in [-0.2, -0.15) is 0 Å². The summed E-state index contributed by atoms with van der Waals surface area (Å²) in [5, 5.41) is 3.33. The van der Waals surface area contributed by atoms with E-state index < -0.39 is 0 Å². The van der Waals surface area contributed by atoms with Crippen LogP contribution >= 0.6 is 11.3 Å². The molecule has 0 saturated carbocycles. The maximum atomic E-state index is 14.2. The first kappa shape index (κ1) is 16.8. The monoisotopic (exact) mass is 373 g/mol. The quantitative estimate of drug-likeness (QED) is 0.738. The predicted octanol–water partition coefficient (Wildman–Crippen LogP) is 3.85. The predicted molar refractivity (Wildman–Crippen MR) is 96.2 cm³/mol. The SMILES string of the molecule is COCc1c(C(=O)NCc2ccc3c(c2)OCO3)sc2cccc(F)c12. The minimum Gasteiger partial charge on any atom is -0.454 e. The van der Waals surface area contributed by atoms with Crippen LogP contribution in [-0.4, -0.2) is 19.8 Å². The van der Waals surface area contributed by atoms with Crippen molar-refractivity contribution in [3.8, 4) is 11.5 Å². The van der Waals surface area contributed by atoms with Gasteiger partial charge in [0.15, 0.2) is 11.5 Å². The van der Waals surface area contributed by atoms with Gasteiger partial charge in [0.2, 0.25) is 6.79 Å². The Kier molecular flexibility index (Phi) is 4.48. The minimum absolute atomic E-state index is 0.174. The second kappa shape index (κ2) is 6.93. The van der Waals surface area contributed by atoms with E-state index in [1.807, 2.05) is 18.2 Å². The van der Waals surface area contributed by atoms with Gasteiger partial charge in [-0.25, -0.2) is 4.39 Å². The summed E-state index contributed by atoms with van der Waals surface area (Å²) in [5.74, 6) is 0.763. The molecule has 0 aliphatic carbocycles. The van der Waals surface area contributed by atoms with Gasteiger partial charge in [-0.05, 0) is 29.8 Å². The molecule has 0 radical (unpaired) electrons. The Bertz CT molecular complexity index is 985. The van der Waals surface area contributed by atoms with Crippen LogP contribution in [0, 0.1) is 5.82 Å². The van der Waals surface area contributed by atoms with Gasteiger partial charge < -0.3 is 19.5 Å². The van der Waals surface area contributed by atoms with Crippen molar-refractivity contribution in [1.29, 1.82) is 0 Å². The van der Waals surface area contributed by atoms with Gasteiger partial charge in [0.05, 0.1) is 11.5 Å². The second-order valence-electron chi connectivity index (χ2n) is 5.83. The summed E-state index contributed by atoms with van der Waals surface area (Å²) in [6.07, 6.45) is 0. The summed E-state index contributed by atoms with van der Waals surface area (Å²) in [7, 11) is 1.53. The summed E-state index contributed by atoms with van der Waals surface area (Å²) < 4.78 is 30.8. The van der Waals surface area contributed by atoms with E-state index in [4.69, 9.17) is 14.2 Å². The topological polar surface area (TPSA) is 56.8 Å². The number of nitrogens with one attached hydrogen (secondary N) is 1. The molecule has 1 amide bonds. The van der Waals surface area contributed by atoms with E-state index in [1.54, 1.807) is 12.1 Å². The fourth-order valence-electron chi connectivity index (χ4n) is 2.95. The molecule has 0 atom stereocenters. The van der Waals surface area contributed by atoms with Crippen molar-refractivity contribution in [1.82, 2.24) is 5.32 Å². The summed E-state index contributed by atoms with van der Waals surface area (Å²) in [4.78, 5) is 13.2. The number of amides is 1. The third kappa shape index (κ3) is 3.00. The molecule has 1 aromatic heterocycles. The maximum absolute atomic E-state index is 14.2. The van der Waals surface area contributed by atoms with Crippen LogP contribution in [0.3, 0.4) is 0 Å². The molecule has 0 unspecified atom stereocenters. The van der Waals surface area contributed by atoms with Crippen molar-refractivity contribution >= 4 is 27.3 Å². The Morgan fingerprint density at radius 1 is 1.27 bits per heavy atom. The zero-order valence-corrected chi connectivity index (χ0v) is 14.8. The zero-order chi connectivity index (χ0) is 18.1. The summed E-state index contributed by atoms with van der Waals surface area (Å²) in [6.45, 7) is 0.713. The third-order valence-corrected chi connectivity index (χ3v) is 5.34. The molecule has 2 heterocycles. The van der Waals surface area contributed by atoms with Gasteiger partial charge in [-0.3, -0.25) is 4.79 Å². The number of fused-ring (bicyclic) bond motifs is 2. The zero-order valence-electron chi connectivity index (χ0n) is 14.0. The molecule has 1 aliphatic heterocycles. The molecule has 7 heteroatoms. The molecule has 1 N–H and O–H groups in total. The van der Waals surface area contributed by atoms with Crippen molar-refractivity contribution in [3.63, 3.8) is 0 Å². The van der Waals surface area contributed by atoms with Crippen LogP contribution in [-0.2, 0) is 17.9 Å². The Balaban J connectivity index is 1.58. The lowest BCUT2D eigenvalue weighted by atomic mass is 10.1. The highest BCUT2D eigenvalue weighted by atomic mass is 32.1. The maximum Gasteiger partial charge on any atom is 0.262 e. The number of methoxy groups -OCH3 is 1. The Morgan fingerprint density at radius 2 is 2.12 bits per heavy atom. The smallest absolute Gasteiger partial charge is 0.262 e. The van der Waals surface area contributed by atoms with Gasteiger partial charge in [0.25, 0.3) is 5.91 Å². The average molecular weight is 373 g/mol. The van der Waals surface area contributed by atoms with E-state index in [2.05, 4.69) is 5.32 Å². The lowest BCUT2D eigenvalue weighted by Crippen LogP contribution is -2.23. The first-order chi connectivity index (χ1) is 12.7. The molecular formula is C19H16FNO4S. The number of hydrogen-bond acceptors (Lipinski definition) is 5. The van der Waals surface area contributed by atoms with Gasteiger partial charge >= 0.3 is 0 Å². The first-order valence-electron chi connectivity index (χ1n) is 8.03. The van der Waals surface area contributed by atoms with Crippen molar-refractivity contribution < 1.29 is 23.4 Å². The number of thiophene rings is 1. The molecule has 5 nitrogen and oxygen atoms in total. The first-order valence-corrected chi connectivity index (χ1v) is 8.84. The molecule has 134 valence electrons. The molecular weight excluding hydrogens is 357 g/mol. The molecule has 0 bridgehead atoms. The van der Waals surface area contributed by atoms with Gasteiger partial charge in [0, 0.05) is 29.3 Å². The van der Waals surface area contributed by atoms with Crippen LogP contribution < -0.4 is 14.8 Å². The minimum atomic E-state index is -0.347. The number of halogens is 1. The lowest BCUT2D eigenvalue weighted by molar-refractivity contribution is 0.0950. The van der Waals surface area contributed by atoms with Crippen LogP contribution in [0.4, 0.5) is 4.39 Å². The number of benzene rings is 2. The number of carbonyl (C=O) groups excluding carboxylic acids is 1. The number of hydrogen-bond donors (Lipinski definition) is 1. The Morgan fingerprint density at radius 3 is 2.96 bits per heavy atom. The molecule has 2 aromatic carbocycles. The molecule has 3 aromatic rings. The van der Waals surface area contributed by atoms with Crippen molar-refractivity contribution in [2.24, 2.45) is 0 Å². The van der Waals surface area contributed by atoms with Gasteiger partial charge in [-0.15, -0.1) is 11.3 Å². The highest BCUT2D eigenvalue weighted by Crippen LogP contribution is 2.34. The molecule has 4 rings (SSSR count). The van der Waals surface area contributed by atoms with E-state index in [9.17, 15) is 9.18 Å². The average Bonchev–Trinajstić information content (AvgIpc) is 3.25. The Labute approximate surface area is 153 Å². The van der Waals surface area contributed by atoms with E-state index in [1.165, 1.54) is 24.5 Å². The highest BCUT2D eigenvalue weighted by molar-refractivity contribution is 7.21. The number of ether oxygens (including phenoxy) is 3. The number of carbonyl (C=O) groups is 1. The highest BCUT2D eigenvalue weighted by Gasteiger charge is 2.21. The molecule has 0 spiro atoms. The van der Waals surface area contributed by atoms with Crippen LogP contribution in [0.15, 0.2) is 36.4 Å². The van der Waals surface area contributed by atoms with Crippen LogP contribution in [0.1, 0.15) is 20.8 Å². The molecule has 1 aliphatic rings.